The van der Waals surface area contributed by atoms with Crippen molar-refractivity contribution in [3.8, 4) is 0 Å². The minimum atomic E-state index is 0.875. The van der Waals surface area contributed by atoms with Crippen molar-refractivity contribution in [2.75, 3.05) is 35.7 Å². The third kappa shape index (κ3) is 4.88. The van der Waals surface area contributed by atoms with Crippen molar-refractivity contribution in [2.45, 2.75) is 13.3 Å². The molecule has 0 fully saturated rings. The summed E-state index contributed by atoms with van der Waals surface area (Å²) in [6.45, 7) is 3.89. The third-order valence-electron chi connectivity index (χ3n) is 1.86. The predicted octanol–water partition coefficient (Wildman–Crippen LogP) is 2.07. The van der Waals surface area contributed by atoms with Gasteiger partial charge < -0.3 is 10.6 Å². The zero-order valence-corrected chi connectivity index (χ0v) is 10.1. The summed E-state index contributed by atoms with van der Waals surface area (Å²) in [6.07, 6.45) is 4.85. The molecule has 0 aliphatic rings. The largest absolute Gasteiger partial charge is 0.370 e. The standard InChI is InChI=1S/C10H18N4S/c1-3-11-9-7-10(14-8-13-9)12-5-4-6-15-2/h7-8H,3-6H2,1-2H3,(H2,11,12,13,14). The van der Waals surface area contributed by atoms with Gasteiger partial charge >= 0.3 is 0 Å². The Hall–Kier alpha value is -0.970. The van der Waals surface area contributed by atoms with E-state index in [1.165, 1.54) is 5.75 Å². The van der Waals surface area contributed by atoms with E-state index >= 15 is 0 Å². The van der Waals surface area contributed by atoms with Gasteiger partial charge in [0, 0.05) is 19.2 Å². The molecule has 2 N–H and O–H groups in total. The first-order valence-corrected chi connectivity index (χ1v) is 6.55. The Morgan fingerprint density at radius 1 is 1.27 bits per heavy atom. The summed E-state index contributed by atoms with van der Waals surface area (Å²) in [6, 6.07) is 1.93. The molecule has 1 rings (SSSR count). The van der Waals surface area contributed by atoms with Gasteiger partial charge in [0.1, 0.15) is 18.0 Å². The summed E-state index contributed by atoms with van der Waals surface area (Å²) in [5.41, 5.74) is 0. The second kappa shape index (κ2) is 7.34. The van der Waals surface area contributed by atoms with Crippen LogP contribution in [0.15, 0.2) is 12.4 Å². The molecular formula is C10H18N4S. The number of thioether (sulfide) groups is 1. The molecular weight excluding hydrogens is 208 g/mol. The highest BCUT2D eigenvalue weighted by atomic mass is 32.2. The summed E-state index contributed by atoms with van der Waals surface area (Å²) in [5.74, 6) is 2.94. The van der Waals surface area contributed by atoms with Crippen molar-refractivity contribution in [1.82, 2.24) is 9.97 Å². The molecule has 0 atom stereocenters. The summed E-state index contributed by atoms with van der Waals surface area (Å²) < 4.78 is 0. The average Bonchev–Trinajstić information content (AvgIpc) is 2.26. The Morgan fingerprint density at radius 3 is 2.67 bits per heavy atom. The lowest BCUT2D eigenvalue weighted by molar-refractivity contribution is 0.975. The summed E-state index contributed by atoms with van der Waals surface area (Å²) in [5, 5.41) is 6.43. The zero-order chi connectivity index (χ0) is 10.9. The van der Waals surface area contributed by atoms with Crippen molar-refractivity contribution in [3.05, 3.63) is 12.4 Å². The first-order valence-electron chi connectivity index (χ1n) is 5.15. The van der Waals surface area contributed by atoms with Gasteiger partial charge in [0.2, 0.25) is 0 Å². The molecule has 0 aliphatic heterocycles. The van der Waals surface area contributed by atoms with Gasteiger partial charge in [-0.05, 0) is 25.4 Å². The number of hydrogen-bond donors (Lipinski definition) is 2. The van der Waals surface area contributed by atoms with Crippen LogP contribution in [-0.2, 0) is 0 Å². The summed E-state index contributed by atoms with van der Waals surface area (Å²) in [4.78, 5) is 8.26. The van der Waals surface area contributed by atoms with Gasteiger partial charge in [-0.25, -0.2) is 9.97 Å². The monoisotopic (exact) mass is 226 g/mol. The van der Waals surface area contributed by atoms with Crippen molar-refractivity contribution in [1.29, 1.82) is 0 Å². The van der Waals surface area contributed by atoms with Crippen LogP contribution in [0.2, 0.25) is 0 Å². The number of nitrogens with one attached hydrogen (secondary N) is 2. The number of rotatable bonds is 7. The van der Waals surface area contributed by atoms with Gasteiger partial charge in [-0.15, -0.1) is 0 Å². The third-order valence-corrected chi connectivity index (χ3v) is 2.55. The van der Waals surface area contributed by atoms with E-state index in [4.69, 9.17) is 0 Å². The zero-order valence-electron chi connectivity index (χ0n) is 9.29. The van der Waals surface area contributed by atoms with Crippen LogP contribution in [0.3, 0.4) is 0 Å². The molecule has 1 aromatic heterocycles. The molecule has 4 nitrogen and oxygen atoms in total. The Balaban J connectivity index is 2.36. The average molecular weight is 226 g/mol. The number of nitrogens with zero attached hydrogens (tertiary/aromatic N) is 2. The van der Waals surface area contributed by atoms with Crippen molar-refractivity contribution >= 4 is 23.4 Å². The smallest absolute Gasteiger partial charge is 0.131 e. The van der Waals surface area contributed by atoms with Gasteiger partial charge in [-0.3, -0.25) is 0 Å². The lowest BCUT2D eigenvalue weighted by atomic mass is 10.4. The fraction of sp³-hybridized carbons (Fsp3) is 0.600. The molecule has 0 radical (unpaired) electrons. The lowest BCUT2D eigenvalue weighted by Gasteiger charge is -2.06. The normalized spacial score (nSPS) is 10.0. The molecule has 1 aromatic rings. The second-order valence-electron chi connectivity index (χ2n) is 3.09. The van der Waals surface area contributed by atoms with Crippen LogP contribution in [0.5, 0.6) is 0 Å². The van der Waals surface area contributed by atoms with Gasteiger partial charge in [0.15, 0.2) is 0 Å². The maximum Gasteiger partial charge on any atom is 0.131 e. The highest BCUT2D eigenvalue weighted by Crippen LogP contribution is 2.08. The highest BCUT2D eigenvalue weighted by molar-refractivity contribution is 7.98. The molecule has 0 saturated heterocycles. The molecule has 5 heteroatoms. The van der Waals surface area contributed by atoms with Gasteiger partial charge in [-0.1, -0.05) is 0 Å². The lowest BCUT2D eigenvalue weighted by Crippen LogP contribution is -2.06. The van der Waals surface area contributed by atoms with Crippen molar-refractivity contribution in [2.24, 2.45) is 0 Å². The van der Waals surface area contributed by atoms with Crippen LogP contribution < -0.4 is 10.6 Å². The maximum atomic E-state index is 4.15. The van der Waals surface area contributed by atoms with Crippen LogP contribution in [0.4, 0.5) is 11.6 Å². The maximum absolute atomic E-state index is 4.15. The van der Waals surface area contributed by atoms with Gasteiger partial charge in [0.25, 0.3) is 0 Å². The number of aromatic nitrogens is 2. The summed E-state index contributed by atoms with van der Waals surface area (Å²) >= 11 is 1.86. The quantitative estimate of drug-likeness (QED) is 0.697. The van der Waals surface area contributed by atoms with E-state index in [2.05, 4.69) is 26.9 Å². The minimum absolute atomic E-state index is 0.875. The van der Waals surface area contributed by atoms with E-state index in [-0.39, 0.29) is 0 Å². The van der Waals surface area contributed by atoms with E-state index < -0.39 is 0 Å². The van der Waals surface area contributed by atoms with E-state index in [0.717, 1.165) is 31.1 Å². The van der Waals surface area contributed by atoms with E-state index in [0.29, 0.717) is 0 Å². The Morgan fingerprint density at radius 2 is 2.00 bits per heavy atom. The molecule has 0 unspecified atom stereocenters. The molecule has 0 amide bonds. The van der Waals surface area contributed by atoms with Gasteiger partial charge in [0.05, 0.1) is 0 Å². The molecule has 0 aliphatic carbocycles. The van der Waals surface area contributed by atoms with E-state index in [9.17, 15) is 0 Å². The molecule has 1 heterocycles. The Kier molecular flexibility index (Phi) is 5.92. The second-order valence-corrected chi connectivity index (χ2v) is 4.08. The fourth-order valence-corrected chi connectivity index (χ4v) is 1.60. The Bertz CT molecular complexity index is 280. The number of anilines is 2. The molecule has 0 aromatic carbocycles. The molecule has 0 saturated carbocycles. The molecule has 84 valence electrons. The predicted molar refractivity (Wildman–Crippen MR) is 67.7 cm³/mol. The molecule has 15 heavy (non-hydrogen) atoms. The highest BCUT2D eigenvalue weighted by Gasteiger charge is 1.96. The van der Waals surface area contributed by atoms with Crippen molar-refractivity contribution in [3.63, 3.8) is 0 Å². The van der Waals surface area contributed by atoms with E-state index in [1.807, 2.05) is 24.8 Å². The van der Waals surface area contributed by atoms with Crippen LogP contribution in [0, 0.1) is 0 Å². The van der Waals surface area contributed by atoms with Crippen LogP contribution in [0.1, 0.15) is 13.3 Å². The van der Waals surface area contributed by atoms with Gasteiger partial charge in [-0.2, -0.15) is 11.8 Å². The topological polar surface area (TPSA) is 49.8 Å². The van der Waals surface area contributed by atoms with Crippen LogP contribution in [0.25, 0.3) is 0 Å². The molecule has 0 bridgehead atoms. The van der Waals surface area contributed by atoms with Crippen LogP contribution in [-0.4, -0.2) is 35.1 Å². The first kappa shape index (κ1) is 12.1. The SMILES string of the molecule is CCNc1cc(NCCCSC)ncn1. The number of hydrogen-bond acceptors (Lipinski definition) is 5. The molecule has 0 spiro atoms. The minimum Gasteiger partial charge on any atom is -0.370 e. The summed E-state index contributed by atoms with van der Waals surface area (Å²) in [7, 11) is 0. The first-order chi connectivity index (χ1) is 7.36. The fourth-order valence-electron chi connectivity index (χ4n) is 1.16. The van der Waals surface area contributed by atoms with Crippen molar-refractivity contribution < 1.29 is 0 Å². The Labute approximate surface area is 95.3 Å². The van der Waals surface area contributed by atoms with Crippen LogP contribution >= 0.6 is 11.8 Å². The van der Waals surface area contributed by atoms with E-state index in [1.54, 1.807) is 6.33 Å².